The third-order valence-electron chi connectivity index (χ3n) is 3.03. The molecule has 1 aromatic carbocycles. The molecule has 0 spiro atoms. The van der Waals surface area contributed by atoms with Crippen LogP contribution >= 0.6 is 0 Å². The molecule has 0 radical (unpaired) electrons. The molecule has 0 saturated heterocycles. The Bertz CT molecular complexity index is 551. The maximum absolute atomic E-state index is 12.4. The molecule has 20 heavy (non-hydrogen) atoms. The normalized spacial score (nSPS) is 15.6. The summed E-state index contributed by atoms with van der Waals surface area (Å²) in [6, 6.07) is 7.38. The lowest BCUT2D eigenvalue weighted by Gasteiger charge is -2.16. The minimum atomic E-state index is -0.501. The highest BCUT2D eigenvalue weighted by atomic mass is 16.5. The van der Waals surface area contributed by atoms with Crippen LogP contribution in [0.15, 0.2) is 30.3 Å². The van der Waals surface area contributed by atoms with Gasteiger partial charge in [0.25, 0.3) is 5.91 Å². The molecule has 0 unspecified atom stereocenters. The zero-order valence-electron chi connectivity index (χ0n) is 11.6. The Morgan fingerprint density at radius 1 is 1.35 bits per heavy atom. The third-order valence-corrected chi connectivity index (χ3v) is 3.03. The van der Waals surface area contributed by atoms with Gasteiger partial charge in [0.05, 0.1) is 24.5 Å². The number of amides is 1. The monoisotopic (exact) mass is 275 g/mol. The Kier molecular flexibility index (Phi) is 4.53. The molecule has 5 heteroatoms. The Labute approximate surface area is 117 Å². The molecule has 1 heterocycles. The number of rotatable bonds is 5. The fourth-order valence-corrected chi connectivity index (χ4v) is 2.15. The van der Waals surface area contributed by atoms with Crippen molar-refractivity contribution < 1.29 is 19.1 Å². The Morgan fingerprint density at radius 3 is 2.80 bits per heavy atom. The number of fused-ring (bicyclic) bond motifs is 1. The molecule has 1 aromatic rings. The van der Waals surface area contributed by atoms with E-state index in [2.05, 4.69) is 0 Å². The second kappa shape index (κ2) is 6.34. The van der Waals surface area contributed by atoms with Crippen LogP contribution in [-0.4, -0.2) is 38.7 Å². The van der Waals surface area contributed by atoms with Crippen molar-refractivity contribution in [3.63, 3.8) is 0 Å². The van der Waals surface area contributed by atoms with Gasteiger partial charge in [0.2, 0.25) is 0 Å². The van der Waals surface area contributed by atoms with Gasteiger partial charge in [0.1, 0.15) is 0 Å². The van der Waals surface area contributed by atoms with Crippen LogP contribution in [0.1, 0.15) is 12.5 Å². The van der Waals surface area contributed by atoms with Crippen molar-refractivity contribution in [2.75, 3.05) is 31.8 Å². The van der Waals surface area contributed by atoms with Crippen LogP contribution in [0.4, 0.5) is 5.69 Å². The van der Waals surface area contributed by atoms with Crippen LogP contribution in [0, 0.1) is 0 Å². The Morgan fingerprint density at radius 2 is 2.10 bits per heavy atom. The fourth-order valence-electron chi connectivity index (χ4n) is 2.15. The van der Waals surface area contributed by atoms with Gasteiger partial charge in [-0.15, -0.1) is 0 Å². The lowest BCUT2D eigenvalue weighted by atomic mass is 10.1. The summed E-state index contributed by atoms with van der Waals surface area (Å²) in [5.74, 6) is -0.699. The van der Waals surface area contributed by atoms with Crippen LogP contribution in [-0.2, 0) is 19.1 Å². The van der Waals surface area contributed by atoms with E-state index in [0.717, 1.165) is 11.3 Å². The average molecular weight is 275 g/mol. The van der Waals surface area contributed by atoms with Gasteiger partial charge in [-0.05, 0) is 13.0 Å². The molecule has 0 aromatic heterocycles. The third kappa shape index (κ3) is 2.72. The molecule has 2 rings (SSSR count). The first-order valence-electron chi connectivity index (χ1n) is 6.47. The molecule has 0 aliphatic carbocycles. The zero-order chi connectivity index (χ0) is 14.5. The molecular weight excluding hydrogens is 258 g/mol. The molecule has 0 atom stereocenters. The van der Waals surface area contributed by atoms with Gasteiger partial charge in [-0.25, -0.2) is 4.79 Å². The van der Waals surface area contributed by atoms with Crippen molar-refractivity contribution >= 4 is 23.1 Å². The van der Waals surface area contributed by atoms with Crippen molar-refractivity contribution in [1.82, 2.24) is 0 Å². The van der Waals surface area contributed by atoms with Crippen molar-refractivity contribution in [2.24, 2.45) is 0 Å². The van der Waals surface area contributed by atoms with Crippen molar-refractivity contribution in [2.45, 2.75) is 6.92 Å². The first-order valence-corrected chi connectivity index (χ1v) is 6.47. The molecule has 0 fully saturated rings. The van der Waals surface area contributed by atoms with Crippen LogP contribution < -0.4 is 4.90 Å². The molecule has 106 valence electrons. The number of esters is 1. The summed E-state index contributed by atoms with van der Waals surface area (Å²) in [4.78, 5) is 25.6. The fraction of sp³-hybridized carbons (Fsp3) is 0.333. The zero-order valence-corrected chi connectivity index (χ0v) is 11.6. The topological polar surface area (TPSA) is 55.8 Å². The summed E-state index contributed by atoms with van der Waals surface area (Å²) in [6.45, 7) is 2.90. The minimum absolute atomic E-state index is 0.198. The van der Waals surface area contributed by atoms with E-state index in [1.54, 1.807) is 18.9 Å². The van der Waals surface area contributed by atoms with Gasteiger partial charge < -0.3 is 14.4 Å². The maximum Gasteiger partial charge on any atom is 0.331 e. The molecule has 1 aliphatic rings. The summed E-state index contributed by atoms with van der Waals surface area (Å²) in [5, 5.41) is 0. The van der Waals surface area contributed by atoms with E-state index in [0.29, 0.717) is 18.7 Å². The van der Waals surface area contributed by atoms with E-state index in [4.69, 9.17) is 9.47 Å². The van der Waals surface area contributed by atoms with E-state index in [-0.39, 0.29) is 12.5 Å². The standard InChI is InChI=1S/C15H17NO4/c1-3-20-14(17)10-12-11-6-4-5-7-13(11)16(15(12)18)8-9-19-2/h4-7,10H,3,8-9H2,1-2H3/b12-10+. The Hall–Kier alpha value is -2.14. The number of benzene rings is 1. The van der Waals surface area contributed by atoms with Crippen LogP contribution in [0.5, 0.6) is 0 Å². The van der Waals surface area contributed by atoms with E-state index in [1.807, 2.05) is 24.3 Å². The molecule has 1 aliphatic heterocycles. The van der Waals surface area contributed by atoms with Crippen molar-refractivity contribution in [3.8, 4) is 0 Å². The van der Waals surface area contributed by atoms with Gasteiger partial charge in [0.15, 0.2) is 0 Å². The number of carbonyl (C=O) groups is 2. The smallest absolute Gasteiger partial charge is 0.331 e. The minimum Gasteiger partial charge on any atom is -0.463 e. The SMILES string of the molecule is CCOC(=O)/C=C1/C(=O)N(CCOC)c2ccccc21. The van der Waals surface area contributed by atoms with Crippen molar-refractivity contribution in [1.29, 1.82) is 0 Å². The summed E-state index contributed by atoms with van der Waals surface area (Å²) in [6.07, 6.45) is 1.26. The van der Waals surface area contributed by atoms with Gasteiger partial charge in [-0.2, -0.15) is 0 Å². The molecule has 0 bridgehead atoms. The van der Waals surface area contributed by atoms with Crippen LogP contribution in [0.25, 0.3) is 5.57 Å². The van der Waals surface area contributed by atoms with Gasteiger partial charge in [-0.3, -0.25) is 4.79 Å². The Balaban J connectivity index is 2.35. The lowest BCUT2D eigenvalue weighted by molar-refractivity contribution is -0.137. The van der Waals surface area contributed by atoms with Crippen LogP contribution in [0.3, 0.4) is 0 Å². The summed E-state index contributed by atoms with van der Waals surface area (Å²) < 4.78 is 9.89. The molecule has 5 nitrogen and oxygen atoms in total. The lowest BCUT2D eigenvalue weighted by Crippen LogP contribution is -2.30. The highest BCUT2D eigenvalue weighted by molar-refractivity contribution is 6.34. The van der Waals surface area contributed by atoms with Gasteiger partial charge in [-0.1, -0.05) is 18.2 Å². The van der Waals surface area contributed by atoms with E-state index in [9.17, 15) is 9.59 Å². The number of para-hydroxylation sites is 1. The number of ether oxygens (including phenoxy) is 2. The number of methoxy groups -OCH3 is 1. The second-order valence-electron chi connectivity index (χ2n) is 4.28. The van der Waals surface area contributed by atoms with Crippen molar-refractivity contribution in [3.05, 3.63) is 35.9 Å². The predicted octanol–water partition coefficient (Wildman–Crippen LogP) is 1.63. The van der Waals surface area contributed by atoms with E-state index in [1.165, 1.54) is 6.08 Å². The van der Waals surface area contributed by atoms with Crippen LogP contribution in [0.2, 0.25) is 0 Å². The number of hydrogen-bond acceptors (Lipinski definition) is 4. The first-order chi connectivity index (χ1) is 9.69. The molecule has 0 saturated carbocycles. The summed E-state index contributed by atoms with van der Waals surface area (Å²) in [7, 11) is 1.59. The highest BCUT2D eigenvalue weighted by Gasteiger charge is 2.32. The van der Waals surface area contributed by atoms with E-state index >= 15 is 0 Å². The second-order valence-corrected chi connectivity index (χ2v) is 4.28. The van der Waals surface area contributed by atoms with E-state index < -0.39 is 5.97 Å². The average Bonchev–Trinajstić information content (AvgIpc) is 2.70. The number of nitrogens with zero attached hydrogens (tertiary/aromatic N) is 1. The highest BCUT2D eigenvalue weighted by Crippen LogP contribution is 2.36. The largest absolute Gasteiger partial charge is 0.463 e. The summed E-state index contributed by atoms with van der Waals surface area (Å²) in [5.41, 5.74) is 1.92. The first kappa shape index (κ1) is 14.3. The molecule has 1 amide bonds. The number of carbonyl (C=O) groups excluding carboxylic acids is 2. The summed E-state index contributed by atoms with van der Waals surface area (Å²) >= 11 is 0. The molecule has 0 N–H and O–H groups in total. The number of anilines is 1. The predicted molar refractivity (Wildman–Crippen MR) is 75.3 cm³/mol. The van der Waals surface area contributed by atoms with Gasteiger partial charge in [0, 0.05) is 25.3 Å². The maximum atomic E-state index is 12.4. The number of hydrogen-bond donors (Lipinski definition) is 0. The molecular formula is C15H17NO4. The quantitative estimate of drug-likeness (QED) is 0.605. The van der Waals surface area contributed by atoms with Gasteiger partial charge >= 0.3 is 5.97 Å².